The molecule has 3 nitrogen and oxygen atoms in total. The molecule has 106 valence electrons. The summed E-state index contributed by atoms with van der Waals surface area (Å²) in [6, 6.07) is 7.51. The van der Waals surface area contributed by atoms with Crippen molar-refractivity contribution in [2.75, 3.05) is 5.32 Å². The van der Waals surface area contributed by atoms with Crippen LogP contribution < -0.4 is 5.32 Å². The van der Waals surface area contributed by atoms with Gasteiger partial charge in [0.05, 0.1) is 5.56 Å². The van der Waals surface area contributed by atoms with E-state index in [9.17, 15) is 4.79 Å². The lowest BCUT2D eigenvalue weighted by Gasteiger charge is -2.17. The van der Waals surface area contributed by atoms with E-state index in [4.69, 9.17) is 5.11 Å². The highest BCUT2D eigenvalue weighted by Gasteiger charge is 2.13. The van der Waals surface area contributed by atoms with Gasteiger partial charge >= 0.3 is 5.97 Å². The second-order valence-corrected chi connectivity index (χ2v) is 6.53. The Labute approximate surface area is 123 Å². The third-order valence-corrected chi connectivity index (χ3v) is 4.38. The van der Waals surface area contributed by atoms with Crippen molar-refractivity contribution in [3.8, 4) is 0 Å². The first-order valence-electron chi connectivity index (χ1n) is 6.56. The largest absolute Gasteiger partial charge is 0.478 e. The highest BCUT2D eigenvalue weighted by Crippen LogP contribution is 2.29. The van der Waals surface area contributed by atoms with E-state index in [1.165, 1.54) is 15.3 Å². The summed E-state index contributed by atoms with van der Waals surface area (Å²) in [6.45, 7) is 8.30. The predicted molar refractivity (Wildman–Crippen MR) is 84.0 cm³/mol. The summed E-state index contributed by atoms with van der Waals surface area (Å²) in [5.41, 5.74) is 3.50. The molecule has 0 aliphatic carbocycles. The highest BCUT2D eigenvalue weighted by molar-refractivity contribution is 7.12. The standard InChI is InChI=1S/C16H19NO2S/c1-9-5-6-13(16(18)19)8-15(9)17-11(3)14-7-10(2)20-12(14)4/h5-8,11,17H,1-4H3,(H,18,19). The van der Waals surface area contributed by atoms with Crippen LogP contribution in [0, 0.1) is 20.8 Å². The zero-order chi connectivity index (χ0) is 14.9. The summed E-state index contributed by atoms with van der Waals surface area (Å²) < 4.78 is 0. The van der Waals surface area contributed by atoms with E-state index in [0.29, 0.717) is 5.56 Å². The molecule has 0 bridgehead atoms. The molecule has 1 aromatic carbocycles. The molecule has 0 fully saturated rings. The molecule has 0 saturated heterocycles. The van der Waals surface area contributed by atoms with Crippen LogP contribution in [-0.2, 0) is 0 Å². The Morgan fingerprint density at radius 2 is 1.95 bits per heavy atom. The van der Waals surface area contributed by atoms with Crippen LogP contribution in [0.1, 0.15) is 44.2 Å². The Morgan fingerprint density at radius 1 is 1.25 bits per heavy atom. The topological polar surface area (TPSA) is 49.3 Å². The molecule has 0 radical (unpaired) electrons. The molecule has 20 heavy (non-hydrogen) atoms. The minimum atomic E-state index is -0.900. The maximum Gasteiger partial charge on any atom is 0.335 e. The second-order valence-electron chi connectivity index (χ2n) is 5.07. The van der Waals surface area contributed by atoms with Crippen molar-refractivity contribution in [1.82, 2.24) is 0 Å². The molecule has 0 spiro atoms. The summed E-state index contributed by atoms with van der Waals surface area (Å²) in [6.07, 6.45) is 0. The van der Waals surface area contributed by atoms with Crippen LogP contribution in [-0.4, -0.2) is 11.1 Å². The molecule has 1 heterocycles. The quantitative estimate of drug-likeness (QED) is 0.868. The molecule has 1 aromatic heterocycles. The predicted octanol–water partition coefficient (Wildman–Crippen LogP) is 4.54. The van der Waals surface area contributed by atoms with Crippen molar-refractivity contribution in [1.29, 1.82) is 0 Å². The summed E-state index contributed by atoms with van der Waals surface area (Å²) >= 11 is 1.79. The van der Waals surface area contributed by atoms with Crippen molar-refractivity contribution in [3.05, 3.63) is 50.7 Å². The molecule has 2 aromatic rings. The fourth-order valence-electron chi connectivity index (χ4n) is 2.30. The van der Waals surface area contributed by atoms with Gasteiger partial charge in [-0.3, -0.25) is 0 Å². The molecule has 4 heteroatoms. The molecular formula is C16H19NO2S. The lowest BCUT2D eigenvalue weighted by molar-refractivity contribution is 0.0697. The summed E-state index contributed by atoms with van der Waals surface area (Å²) in [5.74, 6) is -0.900. The van der Waals surface area contributed by atoms with Gasteiger partial charge in [0.1, 0.15) is 0 Å². The number of rotatable bonds is 4. The number of anilines is 1. The van der Waals surface area contributed by atoms with Gasteiger partial charge in [-0.1, -0.05) is 6.07 Å². The molecule has 0 aliphatic rings. The van der Waals surface area contributed by atoms with Gasteiger partial charge < -0.3 is 10.4 Å². The van der Waals surface area contributed by atoms with Crippen LogP contribution in [0.3, 0.4) is 0 Å². The number of carboxylic acids is 1. The Morgan fingerprint density at radius 3 is 2.50 bits per heavy atom. The van der Waals surface area contributed by atoms with E-state index in [1.807, 2.05) is 13.0 Å². The number of aryl methyl sites for hydroxylation is 3. The number of carboxylic acid groups (broad SMARTS) is 1. The Bertz CT molecular complexity index is 646. The minimum absolute atomic E-state index is 0.155. The van der Waals surface area contributed by atoms with Crippen molar-refractivity contribution in [3.63, 3.8) is 0 Å². The normalized spacial score (nSPS) is 12.2. The lowest BCUT2D eigenvalue weighted by Crippen LogP contribution is -2.09. The molecular weight excluding hydrogens is 270 g/mol. The van der Waals surface area contributed by atoms with Gasteiger partial charge in [0, 0.05) is 21.5 Å². The van der Waals surface area contributed by atoms with Crippen molar-refractivity contribution in [2.45, 2.75) is 33.7 Å². The molecule has 1 unspecified atom stereocenters. The molecule has 0 amide bonds. The lowest BCUT2D eigenvalue weighted by atomic mass is 10.1. The van der Waals surface area contributed by atoms with Crippen LogP contribution in [0.4, 0.5) is 5.69 Å². The van der Waals surface area contributed by atoms with Gasteiger partial charge in [0.25, 0.3) is 0 Å². The van der Waals surface area contributed by atoms with E-state index in [1.54, 1.807) is 23.5 Å². The first-order chi connectivity index (χ1) is 9.38. The molecule has 2 N–H and O–H groups in total. The van der Waals surface area contributed by atoms with Gasteiger partial charge in [-0.25, -0.2) is 4.79 Å². The fraction of sp³-hybridized carbons (Fsp3) is 0.312. The number of nitrogens with one attached hydrogen (secondary N) is 1. The van der Waals surface area contributed by atoms with E-state index < -0.39 is 5.97 Å². The van der Waals surface area contributed by atoms with Crippen LogP contribution in [0.15, 0.2) is 24.3 Å². The van der Waals surface area contributed by atoms with Crippen LogP contribution >= 0.6 is 11.3 Å². The number of hydrogen-bond donors (Lipinski definition) is 2. The maximum absolute atomic E-state index is 11.1. The number of aromatic carboxylic acids is 1. The van der Waals surface area contributed by atoms with Crippen molar-refractivity contribution < 1.29 is 9.90 Å². The van der Waals surface area contributed by atoms with Crippen LogP contribution in [0.2, 0.25) is 0 Å². The fourth-order valence-corrected chi connectivity index (χ4v) is 3.32. The second kappa shape index (κ2) is 5.67. The highest BCUT2D eigenvalue weighted by atomic mass is 32.1. The van der Waals surface area contributed by atoms with E-state index >= 15 is 0 Å². The summed E-state index contributed by atoms with van der Waals surface area (Å²) in [5, 5.41) is 12.5. The van der Waals surface area contributed by atoms with E-state index in [2.05, 4.69) is 32.2 Å². The van der Waals surface area contributed by atoms with Crippen molar-refractivity contribution >= 4 is 23.0 Å². The number of thiophene rings is 1. The average Bonchev–Trinajstić information content (AvgIpc) is 2.71. The molecule has 0 saturated carbocycles. The molecule has 1 atom stereocenters. The first-order valence-corrected chi connectivity index (χ1v) is 7.37. The SMILES string of the molecule is Cc1cc(C(C)Nc2cc(C(=O)O)ccc2C)c(C)s1. The third kappa shape index (κ3) is 3.02. The zero-order valence-electron chi connectivity index (χ0n) is 12.2. The smallest absolute Gasteiger partial charge is 0.335 e. The van der Waals surface area contributed by atoms with Gasteiger partial charge in [-0.05, 0) is 57.0 Å². The van der Waals surface area contributed by atoms with Crippen LogP contribution in [0.5, 0.6) is 0 Å². The monoisotopic (exact) mass is 289 g/mol. The van der Waals surface area contributed by atoms with Gasteiger partial charge in [-0.15, -0.1) is 11.3 Å². The van der Waals surface area contributed by atoms with E-state index in [0.717, 1.165) is 11.3 Å². The zero-order valence-corrected chi connectivity index (χ0v) is 13.0. The Kier molecular flexibility index (Phi) is 4.14. The van der Waals surface area contributed by atoms with Crippen molar-refractivity contribution in [2.24, 2.45) is 0 Å². The molecule has 0 aliphatic heterocycles. The maximum atomic E-state index is 11.1. The summed E-state index contributed by atoms with van der Waals surface area (Å²) in [4.78, 5) is 13.6. The Balaban J connectivity index is 2.27. The average molecular weight is 289 g/mol. The minimum Gasteiger partial charge on any atom is -0.478 e. The summed E-state index contributed by atoms with van der Waals surface area (Å²) in [7, 11) is 0. The van der Waals surface area contributed by atoms with Crippen LogP contribution in [0.25, 0.3) is 0 Å². The van der Waals surface area contributed by atoms with E-state index in [-0.39, 0.29) is 6.04 Å². The van der Waals surface area contributed by atoms with Gasteiger partial charge in [0.2, 0.25) is 0 Å². The number of carbonyl (C=O) groups is 1. The Hall–Kier alpha value is -1.81. The third-order valence-electron chi connectivity index (χ3n) is 3.40. The first kappa shape index (κ1) is 14.6. The van der Waals surface area contributed by atoms with Gasteiger partial charge in [0.15, 0.2) is 0 Å². The number of hydrogen-bond acceptors (Lipinski definition) is 3. The van der Waals surface area contributed by atoms with Gasteiger partial charge in [-0.2, -0.15) is 0 Å². The molecule has 2 rings (SSSR count). The number of benzene rings is 1.